The Morgan fingerprint density at radius 1 is 0.971 bits per heavy atom. The van der Waals surface area contributed by atoms with Gasteiger partial charge < -0.3 is 15.4 Å². The molecular formula is C26H23N3O4S. The largest absolute Gasteiger partial charge is 0.449 e. The van der Waals surface area contributed by atoms with Gasteiger partial charge in [0.1, 0.15) is 0 Å². The molecule has 0 bridgehead atoms. The quantitative estimate of drug-likeness (QED) is 0.360. The summed E-state index contributed by atoms with van der Waals surface area (Å²) in [5.41, 5.74) is 2.84. The third kappa shape index (κ3) is 6.95. The Balaban J connectivity index is 1.59. The van der Waals surface area contributed by atoms with Gasteiger partial charge in [0.05, 0.1) is 22.9 Å². The zero-order valence-electron chi connectivity index (χ0n) is 18.7. The molecule has 2 N–H and O–H groups in total. The molecule has 0 saturated carbocycles. The molecule has 0 aliphatic heterocycles. The molecule has 1 atom stereocenters. The monoisotopic (exact) mass is 473 g/mol. The summed E-state index contributed by atoms with van der Waals surface area (Å²) in [6, 6.07) is 22.7. The number of nitrogens with one attached hydrogen (secondary N) is 2. The number of benzene rings is 3. The summed E-state index contributed by atoms with van der Waals surface area (Å²) in [6.45, 7) is 3.42. The van der Waals surface area contributed by atoms with Crippen molar-refractivity contribution in [3.8, 4) is 6.07 Å². The van der Waals surface area contributed by atoms with Crippen molar-refractivity contribution in [2.75, 3.05) is 16.4 Å². The van der Waals surface area contributed by atoms with Crippen LogP contribution in [0.5, 0.6) is 0 Å². The molecule has 8 heteroatoms. The van der Waals surface area contributed by atoms with E-state index in [1.165, 1.54) is 18.7 Å². The van der Waals surface area contributed by atoms with Crippen LogP contribution in [0.2, 0.25) is 0 Å². The van der Waals surface area contributed by atoms with Crippen LogP contribution >= 0.6 is 11.8 Å². The summed E-state index contributed by atoms with van der Waals surface area (Å²) in [5, 5.41) is 14.4. The minimum atomic E-state index is -1.01. The molecule has 0 radical (unpaired) electrons. The highest BCUT2D eigenvalue weighted by atomic mass is 32.2. The number of aryl methyl sites for hydroxylation is 1. The summed E-state index contributed by atoms with van der Waals surface area (Å²) in [4.78, 5) is 38.1. The van der Waals surface area contributed by atoms with Crippen LogP contribution in [0.1, 0.15) is 28.4 Å². The fraction of sp³-hybridized carbons (Fsp3) is 0.154. The summed E-state index contributed by atoms with van der Waals surface area (Å²) >= 11 is 1.17. The van der Waals surface area contributed by atoms with E-state index in [2.05, 4.69) is 10.6 Å². The van der Waals surface area contributed by atoms with Crippen molar-refractivity contribution >= 4 is 40.9 Å². The lowest BCUT2D eigenvalue weighted by atomic mass is 10.2. The normalized spacial score (nSPS) is 11.1. The third-order valence-electron chi connectivity index (χ3n) is 4.68. The van der Waals surface area contributed by atoms with E-state index in [0.717, 1.165) is 5.56 Å². The van der Waals surface area contributed by atoms with Gasteiger partial charge in [-0.25, -0.2) is 4.79 Å². The van der Waals surface area contributed by atoms with E-state index in [1.54, 1.807) is 54.6 Å². The summed E-state index contributed by atoms with van der Waals surface area (Å²) in [6.07, 6.45) is -1.01. The van der Waals surface area contributed by atoms with Crippen molar-refractivity contribution in [3.63, 3.8) is 0 Å². The minimum Gasteiger partial charge on any atom is -0.449 e. The van der Waals surface area contributed by atoms with Crippen LogP contribution in [-0.2, 0) is 14.3 Å². The molecule has 1 unspecified atom stereocenters. The molecule has 172 valence electrons. The third-order valence-corrected chi connectivity index (χ3v) is 5.75. The van der Waals surface area contributed by atoms with Crippen LogP contribution in [0, 0.1) is 18.3 Å². The van der Waals surface area contributed by atoms with Crippen molar-refractivity contribution in [2.45, 2.75) is 24.8 Å². The SMILES string of the molecule is Cc1cccc(NC(=O)C(C)OC(=O)c2ccccc2SCC(=O)Nc2cccc(C#N)c2)c1. The maximum absolute atomic E-state index is 12.7. The molecule has 0 aliphatic carbocycles. The first-order valence-electron chi connectivity index (χ1n) is 10.5. The van der Waals surface area contributed by atoms with Crippen LogP contribution in [0.4, 0.5) is 11.4 Å². The van der Waals surface area contributed by atoms with Gasteiger partial charge >= 0.3 is 5.97 Å². The Morgan fingerprint density at radius 3 is 2.41 bits per heavy atom. The number of thioether (sulfide) groups is 1. The second-order valence-electron chi connectivity index (χ2n) is 7.43. The molecular weight excluding hydrogens is 450 g/mol. The zero-order valence-corrected chi connectivity index (χ0v) is 19.5. The fourth-order valence-electron chi connectivity index (χ4n) is 3.01. The molecule has 0 fully saturated rings. The van der Waals surface area contributed by atoms with Crippen LogP contribution in [-0.4, -0.2) is 29.6 Å². The van der Waals surface area contributed by atoms with Gasteiger partial charge in [-0.15, -0.1) is 11.8 Å². The molecule has 3 aromatic carbocycles. The Morgan fingerprint density at radius 2 is 1.68 bits per heavy atom. The lowest BCUT2D eigenvalue weighted by molar-refractivity contribution is -0.123. The van der Waals surface area contributed by atoms with Gasteiger partial charge in [-0.05, 0) is 61.9 Å². The number of nitrogens with zero attached hydrogens (tertiary/aromatic N) is 1. The average Bonchev–Trinajstić information content (AvgIpc) is 2.83. The maximum atomic E-state index is 12.7. The average molecular weight is 474 g/mol. The number of amides is 2. The van der Waals surface area contributed by atoms with E-state index in [4.69, 9.17) is 10.00 Å². The number of anilines is 2. The van der Waals surface area contributed by atoms with Gasteiger partial charge in [-0.3, -0.25) is 9.59 Å². The lowest BCUT2D eigenvalue weighted by Crippen LogP contribution is -2.30. The maximum Gasteiger partial charge on any atom is 0.340 e. The van der Waals surface area contributed by atoms with Gasteiger partial charge in [0, 0.05) is 16.3 Å². The smallest absolute Gasteiger partial charge is 0.340 e. The first-order valence-corrected chi connectivity index (χ1v) is 11.4. The highest BCUT2D eigenvalue weighted by molar-refractivity contribution is 8.00. The van der Waals surface area contributed by atoms with Crippen molar-refractivity contribution < 1.29 is 19.1 Å². The Bertz CT molecular complexity index is 1250. The highest BCUT2D eigenvalue weighted by Gasteiger charge is 2.21. The molecule has 2 amide bonds. The lowest BCUT2D eigenvalue weighted by Gasteiger charge is -2.15. The summed E-state index contributed by atoms with van der Waals surface area (Å²) in [7, 11) is 0. The van der Waals surface area contributed by atoms with Gasteiger partial charge in [-0.2, -0.15) is 5.26 Å². The molecule has 0 aromatic heterocycles. The van der Waals surface area contributed by atoms with Crippen LogP contribution in [0.3, 0.4) is 0 Å². The molecule has 0 aliphatic rings. The Labute approximate surface area is 202 Å². The predicted octanol–water partition coefficient (Wildman–Crippen LogP) is 4.78. The van der Waals surface area contributed by atoms with E-state index in [9.17, 15) is 14.4 Å². The van der Waals surface area contributed by atoms with Gasteiger partial charge in [0.2, 0.25) is 5.91 Å². The number of carbonyl (C=O) groups is 3. The second kappa shape index (κ2) is 11.7. The molecule has 0 saturated heterocycles. The minimum absolute atomic E-state index is 0.0461. The highest BCUT2D eigenvalue weighted by Crippen LogP contribution is 2.24. The molecule has 34 heavy (non-hydrogen) atoms. The fourth-order valence-corrected chi connectivity index (χ4v) is 3.85. The zero-order chi connectivity index (χ0) is 24.5. The second-order valence-corrected chi connectivity index (χ2v) is 8.45. The Hall–Kier alpha value is -4.09. The molecule has 7 nitrogen and oxygen atoms in total. The van der Waals surface area contributed by atoms with Crippen LogP contribution in [0.15, 0.2) is 77.7 Å². The molecule has 3 aromatic rings. The van der Waals surface area contributed by atoms with E-state index < -0.39 is 18.0 Å². The van der Waals surface area contributed by atoms with Crippen molar-refractivity contribution in [1.82, 2.24) is 0 Å². The number of hydrogen-bond acceptors (Lipinski definition) is 6. The van der Waals surface area contributed by atoms with E-state index in [1.807, 2.05) is 31.2 Å². The van der Waals surface area contributed by atoms with Gasteiger partial charge in [0.15, 0.2) is 6.10 Å². The van der Waals surface area contributed by atoms with Crippen LogP contribution < -0.4 is 10.6 Å². The molecule has 3 rings (SSSR count). The first kappa shape index (κ1) is 24.6. The standard InChI is InChI=1S/C26H23N3O4S/c1-17-7-5-9-20(13-17)29-25(31)18(2)33-26(32)22-11-3-4-12-23(22)34-16-24(30)28-21-10-6-8-19(14-21)15-27/h3-14,18H,16H2,1-2H3,(H,28,30)(H,29,31). The van der Waals surface area contributed by atoms with Crippen LogP contribution in [0.25, 0.3) is 0 Å². The molecule has 0 heterocycles. The number of esters is 1. The Kier molecular flexibility index (Phi) is 8.43. The number of ether oxygens (including phenoxy) is 1. The van der Waals surface area contributed by atoms with Gasteiger partial charge in [-0.1, -0.05) is 30.3 Å². The number of hydrogen-bond donors (Lipinski definition) is 2. The summed E-state index contributed by atoms with van der Waals surface area (Å²) < 4.78 is 5.37. The summed E-state index contributed by atoms with van der Waals surface area (Å²) in [5.74, 6) is -1.33. The van der Waals surface area contributed by atoms with E-state index >= 15 is 0 Å². The number of nitriles is 1. The number of carbonyl (C=O) groups excluding carboxylic acids is 3. The van der Waals surface area contributed by atoms with Crippen molar-refractivity contribution in [1.29, 1.82) is 5.26 Å². The predicted molar refractivity (Wildman–Crippen MR) is 132 cm³/mol. The number of rotatable bonds is 8. The van der Waals surface area contributed by atoms with E-state index in [0.29, 0.717) is 21.8 Å². The molecule has 0 spiro atoms. The van der Waals surface area contributed by atoms with Gasteiger partial charge in [0.25, 0.3) is 5.91 Å². The van der Waals surface area contributed by atoms with E-state index in [-0.39, 0.29) is 17.2 Å². The van der Waals surface area contributed by atoms with Crippen molar-refractivity contribution in [3.05, 3.63) is 89.5 Å². The first-order chi connectivity index (χ1) is 16.4. The topological polar surface area (TPSA) is 108 Å². The van der Waals surface area contributed by atoms with Crippen molar-refractivity contribution in [2.24, 2.45) is 0 Å².